The number of hydrogen-bond donors (Lipinski definition) is 3. The van der Waals surface area contributed by atoms with Gasteiger partial charge in [0.1, 0.15) is 17.4 Å². The SMILES string of the molecule is CCOC(=O)C1NN=CC12[C@H](O)[C@@H](C)[C@@H](O)[C@H](C)C[C@@](C)(OC)[C@H](O[C@@H]1O[C@H](C)C[C@H](N(C)C)[C@H]1OC(=O)c1ccccc1)[C@@H](C)C(=O)[C@@H](C)C(=O)O[C@@H]2CC. The van der Waals surface area contributed by atoms with Crippen LogP contribution in [0.2, 0.25) is 0 Å². The van der Waals surface area contributed by atoms with E-state index in [4.69, 9.17) is 28.4 Å². The molecule has 3 aliphatic rings. The summed E-state index contributed by atoms with van der Waals surface area (Å²) in [4.78, 5) is 57.3. The van der Waals surface area contributed by atoms with E-state index in [-0.39, 0.29) is 31.6 Å². The number of ketones is 1. The monoisotopic (exact) mass is 789 g/mol. The van der Waals surface area contributed by atoms with E-state index in [1.54, 1.807) is 71.9 Å². The molecule has 314 valence electrons. The summed E-state index contributed by atoms with van der Waals surface area (Å²) in [5.74, 6) is -6.58. The first-order valence-electron chi connectivity index (χ1n) is 19.7. The van der Waals surface area contributed by atoms with E-state index in [1.165, 1.54) is 20.2 Å². The zero-order chi connectivity index (χ0) is 41.7. The lowest BCUT2D eigenvalue weighted by Crippen LogP contribution is -2.63. The molecule has 4 rings (SSSR count). The molecule has 3 N–H and O–H groups in total. The number of hydrogen-bond acceptors (Lipinski definition) is 15. The molecule has 2 saturated heterocycles. The number of methoxy groups -OCH3 is 1. The fraction of sp³-hybridized carbons (Fsp3) is 0.732. The second-order valence-corrected chi connectivity index (χ2v) is 16.2. The molecule has 15 nitrogen and oxygen atoms in total. The Morgan fingerprint density at radius 2 is 1.71 bits per heavy atom. The number of nitrogens with zero attached hydrogens (tertiary/aromatic N) is 2. The number of Topliss-reactive ketones (excluding diaryl/α,β-unsaturated/α-hetero) is 1. The van der Waals surface area contributed by atoms with Gasteiger partial charge in [0.05, 0.1) is 48.2 Å². The predicted octanol–water partition coefficient (Wildman–Crippen LogP) is 3.14. The molecular formula is C41H63N3O12. The molecule has 0 saturated carbocycles. The first-order valence-corrected chi connectivity index (χ1v) is 19.7. The van der Waals surface area contributed by atoms with E-state index in [0.29, 0.717) is 12.0 Å². The lowest BCUT2D eigenvalue weighted by molar-refractivity contribution is -0.295. The first kappa shape index (κ1) is 45.2. The van der Waals surface area contributed by atoms with Gasteiger partial charge in [-0.1, -0.05) is 45.9 Å². The van der Waals surface area contributed by atoms with Crippen LogP contribution < -0.4 is 5.43 Å². The number of cyclic esters (lactones) is 1. The Kier molecular flexibility index (Phi) is 15.2. The number of benzene rings is 1. The van der Waals surface area contributed by atoms with Crippen LogP contribution in [0.1, 0.15) is 85.0 Å². The van der Waals surface area contributed by atoms with Gasteiger partial charge in [-0.15, -0.1) is 0 Å². The third kappa shape index (κ3) is 9.13. The third-order valence-electron chi connectivity index (χ3n) is 12.1. The lowest BCUT2D eigenvalue weighted by Gasteiger charge is -2.48. The van der Waals surface area contributed by atoms with Crippen molar-refractivity contribution in [2.75, 3.05) is 27.8 Å². The molecule has 2 unspecified atom stereocenters. The number of carbonyl (C=O) groups excluding carboxylic acids is 4. The van der Waals surface area contributed by atoms with Gasteiger partial charge in [-0.25, -0.2) is 9.59 Å². The summed E-state index contributed by atoms with van der Waals surface area (Å²) in [6.07, 6.45) is -5.31. The normalized spacial score (nSPS) is 39.8. The molecule has 56 heavy (non-hydrogen) atoms. The van der Waals surface area contributed by atoms with Gasteiger partial charge in [-0.3, -0.25) is 15.0 Å². The van der Waals surface area contributed by atoms with Crippen LogP contribution in [-0.2, 0) is 42.8 Å². The Morgan fingerprint density at radius 3 is 2.30 bits per heavy atom. The maximum Gasteiger partial charge on any atom is 0.338 e. The van der Waals surface area contributed by atoms with Crippen molar-refractivity contribution in [2.24, 2.45) is 34.2 Å². The van der Waals surface area contributed by atoms with Crippen LogP contribution in [0.15, 0.2) is 35.4 Å². The standard InChI is InChI=1S/C41H63N3O12/c1-12-29-41(21-42-43-33(41)38(50)52-13-2)34(47)24(5)30(45)22(3)20-40(8,51-11)35(25(6)31(46)26(7)36(48)54-29)56-39-32(28(44(9)10)19-23(4)53-39)55-37(49)27-17-15-14-16-18-27/h14-18,21-26,28-30,32-35,39,43,45,47H,12-13,19-20H2,1-11H3/t22-,23-,24+,25+,26-,28+,29-,30+,32-,33?,34-,35-,39+,40-,41?/m1/s1. The maximum atomic E-state index is 14.5. The molecule has 0 radical (unpaired) electrons. The third-order valence-corrected chi connectivity index (χ3v) is 12.1. The Hall–Kier alpha value is -3.47. The van der Waals surface area contributed by atoms with Gasteiger partial charge in [0.15, 0.2) is 24.2 Å². The topological polar surface area (TPSA) is 192 Å². The number of aliphatic hydroxyl groups excluding tert-OH is 2. The molecule has 1 aromatic carbocycles. The van der Waals surface area contributed by atoms with Crippen LogP contribution in [0.4, 0.5) is 0 Å². The van der Waals surface area contributed by atoms with Gasteiger partial charge >= 0.3 is 17.9 Å². The molecule has 15 heteroatoms. The summed E-state index contributed by atoms with van der Waals surface area (Å²) in [5.41, 5.74) is 0.0976. The number of rotatable bonds is 9. The van der Waals surface area contributed by atoms with E-state index >= 15 is 0 Å². The number of nitrogens with one attached hydrogen (secondary N) is 1. The molecule has 3 heterocycles. The van der Waals surface area contributed by atoms with Crippen LogP contribution in [0.3, 0.4) is 0 Å². The van der Waals surface area contributed by atoms with Crippen LogP contribution in [0, 0.1) is 29.1 Å². The number of likely N-dealkylation sites (N-methyl/N-ethyl adjacent to an activating group) is 1. The molecular weight excluding hydrogens is 726 g/mol. The van der Waals surface area contributed by atoms with Crippen molar-refractivity contribution in [3.05, 3.63) is 35.9 Å². The highest BCUT2D eigenvalue weighted by atomic mass is 16.7. The Morgan fingerprint density at radius 1 is 1.05 bits per heavy atom. The lowest BCUT2D eigenvalue weighted by atomic mass is 9.65. The molecule has 3 aliphatic heterocycles. The van der Waals surface area contributed by atoms with Crippen LogP contribution >= 0.6 is 0 Å². The fourth-order valence-corrected chi connectivity index (χ4v) is 8.74. The fourth-order valence-electron chi connectivity index (χ4n) is 8.74. The van der Waals surface area contributed by atoms with Gasteiger partial charge in [0.2, 0.25) is 0 Å². The molecule has 0 aliphatic carbocycles. The summed E-state index contributed by atoms with van der Waals surface area (Å²) in [6.45, 7) is 13.6. The zero-order valence-corrected chi connectivity index (χ0v) is 34.7. The van der Waals surface area contributed by atoms with Gasteiger partial charge in [-0.05, 0) is 79.1 Å². The minimum absolute atomic E-state index is 0.0497. The number of ether oxygens (including phenoxy) is 6. The summed E-state index contributed by atoms with van der Waals surface area (Å²) in [6, 6.07) is 6.98. The largest absolute Gasteiger partial charge is 0.464 e. The Bertz CT molecular complexity index is 1540. The number of hydrazone groups is 1. The van der Waals surface area contributed by atoms with Crippen molar-refractivity contribution in [3.8, 4) is 0 Å². The summed E-state index contributed by atoms with van der Waals surface area (Å²) < 4.78 is 37.0. The molecule has 0 amide bonds. The van der Waals surface area contributed by atoms with E-state index in [2.05, 4.69) is 10.5 Å². The van der Waals surface area contributed by atoms with Gasteiger partial charge < -0.3 is 43.5 Å². The van der Waals surface area contributed by atoms with Crippen LogP contribution in [0.25, 0.3) is 0 Å². The van der Waals surface area contributed by atoms with Crippen molar-refractivity contribution >= 4 is 29.9 Å². The van der Waals surface area contributed by atoms with E-state index in [1.807, 2.05) is 25.9 Å². The first-order chi connectivity index (χ1) is 26.4. The minimum Gasteiger partial charge on any atom is -0.464 e. The Balaban J connectivity index is 1.80. The average molecular weight is 790 g/mol. The average Bonchev–Trinajstić information content (AvgIpc) is 3.63. The second kappa shape index (κ2) is 18.9. The summed E-state index contributed by atoms with van der Waals surface area (Å²) in [5, 5.41) is 28.4. The van der Waals surface area contributed by atoms with Crippen LogP contribution in [-0.4, -0.2) is 133 Å². The Labute approximate surface area is 330 Å². The maximum absolute atomic E-state index is 14.5. The summed E-state index contributed by atoms with van der Waals surface area (Å²) in [7, 11) is 5.22. The van der Waals surface area contributed by atoms with E-state index in [9.17, 15) is 29.4 Å². The predicted molar refractivity (Wildman–Crippen MR) is 205 cm³/mol. The van der Waals surface area contributed by atoms with Crippen LogP contribution in [0.5, 0.6) is 0 Å². The van der Waals surface area contributed by atoms with Crippen molar-refractivity contribution < 1.29 is 57.8 Å². The highest BCUT2D eigenvalue weighted by Crippen LogP contribution is 2.44. The molecule has 2 fully saturated rings. The molecule has 0 aromatic heterocycles. The van der Waals surface area contributed by atoms with Crippen molar-refractivity contribution in [3.63, 3.8) is 0 Å². The number of esters is 3. The highest BCUT2D eigenvalue weighted by molar-refractivity contribution is 6.00. The molecule has 0 bridgehead atoms. The molecule has 1 spiro atoms. The second-order valence-electron chi connectivity index (χ2n) is 16.2. The minimum atomic E-state index is -1.66. The van der Waals surface area contributed by atoms with Crippen molar-refractivity contribution in [1.82, 2.24) is 10.3 Å². The zero-order valence-electron chi connectivity index (χ0n) is 34.7. The summed E-state index contributed by atoms with van der Waals surface area (Å²) >= 11 is 0. The number of aliphatic hydroxyl groups is 2. The van der Waals surface area contributed by atoms with Crippen molar-refractivity contribution in [1.29, 1.82) is 0 Å². The molecule has 1 aromatic rings. The molecule has 15 atom stereocenters. The van der Waals surface area contributed by atoms with Gasteiger partial charge in [-0.2, -0.15) is 5.10 Å². The highest BCUT2D eigenvalue weighted by Gasteiger charge is 2.60. The quantitative estimate of drug-likeness (QED) is 0.188. The van der Waals surface area contributed by atoms with Crippen molar-refractivity contribution in [2.45, 2.75) is 135 Å². The van der Waals surface area contributed by atoms with Gasteiger partial charge in [0.25, 0.3) is 0 Å². The van der Waals surface area contributed by atoms with E-state index in [0.717, 1.165) is 0 Å². The van der Waals surface area contributed by atoms with Gasteiger partial charge in [0, 0.05) is 25.2 Å². The number of carbonyl (C=O) groups is 4. The smallest absolute Gasteiger partial charge is 0.338 e. The van der Waals surface area contributed by atoms with E-state index < -0.39 is 101 Å².